The first-order chi connectivity index (χ1) is 7.94. The van der Waals surface area contributed by atoms with Gasteiger partial charge < -0.3 is 5.11 Å². The molecule has 0 unspecified atom stereocenters. The van der Waals surface area contributed by atoms with Gasteiger partial charge in [0.25, 0.3) is 0 Å². The van der Waals surface area contributed by atoms with E-state index in [9.17, 15) is 9.90 Å². The molecule has 90 valence electrons. The minimum Gasteiger partial charge on any atom is -0.507 e. The van der Waals surface area contributed by atoms with E-state index in [0.29, 0.717) is 5.75 Å². The molecule has 1 aromatic rings. The molecule has 0 saturated heterocycles. The van der Waals surface area contributed by atoms with Crippen molar-refractivity contribution in [3.8, 4) is 5.75 Å². The van der Waals surface area contributed by atoms with E-state index in [0.717, 1.165) is 16.2 Å². The number of hydrogen-bond acceptors (Lipinski definition) is 4. The van der Waals surface area contributed by atoms with Gasteiger partial charge in [0.15, 0.2) is 5.78 Å². The number of thioether (sulfide) groups is 1. The molecule has 0 fully saturated rings. The van der Waals surface area contributed by atoms with Crippen molar-refractivity contribution in [2.45, 2.75) is 26.3 Å². The first-order valence-corrected chi connectivity index (χ1v) is 6.45. The lowest BCUT2D eigenvalue weighted by atomic mass is 10.0. The molecule has 1 atom stereocenters. The zero-order chi connectivity index (χ0) is 12.6. The summed E-state index contributed by atoms with van der Waals surface area (Å²) < 4.78 is 0. The van der Waals surface area contributed by atoms with Crippen molar-refractivity contribution in [2.24, 2.45) is 4.99 Å². The Kier molecular flexibility index (Phi) is 3.00. The molecule has 4 heteroatoms. The van der Waals surface area contributed by atoms with Gasteiger partial charge in [0.2, 0.25) is 0 Å². The summed E-state index contributed by atoms with van der Waals surface area (Å²) >= 11 is 1.52. The van der Waals surface area contributed by atoms with Crippen molar-refractivity contribution in [2.75, 3.05) is 5.75 Å². The number of aromatic hydroxyl groups is 1. The van der Waals surface area contributed by atoms with Crippen molar-refractivity contribution in [1.82, 2.24) is 0 Å². The van der Waals surface area contributed by atoms with Crippen molar-refractivity contribution in [3.05, 3.63) is 29.3 Å². The Bertz CT molecular complexity index is 510. The third-order valence-corrected chi connectivity index (χ3v) is 4.36. The zero-order valence-corrected chi connectivity index (χ0v) is 11.0. The number of benzene rings is 1. The van der Waals surface area contributed by atoms with Crippen LogP contribution in [0.2, 0.25) is 0 Å². The van der Waals surface area contributed by atoms with Gasteiger partial charge in [-0.3, -0.25) is 9.79 Å². The second-order valence-corrected chi connectivity index (χ2v) is 5.47. The summed E-state index contributed by atoms with van der Waals surface area (Å²) in [6, 6.07) is 5.57. The van der Waals surface area contributed by atoms with Crippen LogP contribution in [0.3, 0.4) is 0 Å². The minimum atomic E-state index is -0.643. The molecule has 0 bridgehead atoms. The van der Waals surface area contributed by atoms with Crippen molar-refractivity contribution in [3.63, 3.8) is 0 Å². The molecule has 1 heterocycles. The maximum Gasteiger partial charge on any atom is 0.157 e. The number of aryl methyl sites for hydroxylation is 1. The molecule has 1 aromatic carbocycles. The number of phenols is 1. The lowest BCUT2D eigenvalue weighted by molar-refractivity contribution is -0.120. The highest BCUT2D eigenvalue weighted by Gasteiger charge is 2.36. The maximum atomic E-state index is 11.5. The zero-order valence-electron chi connectivity index (χ0n) is 10.2. The molecule has 2 rings (SSSR count). The number of phenolic OH excluding ortho intramolecular Hbond substituents is 1. The Hall–Kier alpha value is -1.29. The lowest BCUT2D eigenvalue weighted by Crippen LogP contribution is -2.31. The summed E-state index contributed by atoms with van der Waals surface area (Å²) in [6.07, 6.45) is 0. The molecule has 1 N–H and O–H groups in total. The van der Waals surface area contributed by atoms with E-state index in [-0.39, 0.29) is 11.5 Å². The predicted octanol–water partition coefficient (Wildman–Crippen LogP) is 2.54. The molecule has 1 aliphatic heterocycles. The largest absolute Gasteiger partial charge is 0.507 e. The Labute approximate surface area is 105 Å². The average molecular weight is 249 g/mol. The molecule has 0 radical (unpaired) electrons. The fourth-order valence-corrected chi connectivity index (χ4v) is 2.92. The Morgan fingerprint density at radius 2 is 2.24 bits per heavy atom. The van der Waals surface area contributed by atoms with E-state index in [2.05, 4.69) is 4.99 Å². The van der Waals surface area contributed by atoms with Crippen LogP contribution in [-0.2, 0) is 4.79 Å². The quantitative estimate of drug-likeness (QED) is 0.876. The summed E-state index contributed by atoms with van der Waals surface area (Å²) in [5.74, 6) is 0.962. The van der Waals surface area contributed by atoms with E-state index in [4.69, 9.17) is 0 Å². The molecular formula is C13H15NO2S. The molecular weight excluding hydrogens is 234 g/mol. The first-order valence-electron chi connectivity index (χ1n) is 5.47. The fourth-order valence-electron chi connectivity index (χ4n) is 1.65. The number of Topliss-reactive ketones (excluding diaryl/α,β-unsaturated/α-hetero) is 1. The van der Waals surface area contributed by atoms with Crippen molar-refractivity contribution >= 4 is 22.6 Å². The lowest BCUT2D eigenvalue weighted by Gasteiger charge is -2.14. The maximum absolute atomic E-state index is 11.5. The smallest absolute Gasteiger partial charge is 0.157 e. The second kappa shape index (κ2) is 4.18. The number of nitrogens with zero attached hydrogens (tertiary/aromatic N) is 1. The highest BCUT2D eigenvalue weighted by molar-refractivity contribution is 8.14. The monoisotopic (exact) mass is 249 g/mol. The number of ketones is 1. The summed E-state index contributed by atoms with van der Waals surface area (Å²) in [6.45, 7) is 5.24. The topological polar surface area (TPSA) is 49.7 Å². The van der Waals surface area contributed by atoms with Crippen LogP contribution in [0.4, 0.5) is 0 Å². The number of rotatable bonds is 2. The van der Waals surface area contributed by atoms with Crippen LogP contribution in [0.25, 0.3) is 0 Å². The Balaban J connectivity index is 2.43. The molecule has 0 aliphatic carbocycles. The fraction of sp³-hybridized carbons (Fsp3) is 0.385. The normalized spacial score (nSPS) is 23.6. The summed E-state index contributed by atoms with van der Waals surface area (Å²) in [4.78, 5) is 16.0. The van der Waals surface area contributed by atoms with Gasteiger partial charge in [-0.15, -0.1) is 11.8 Å². The van der Waals surface area contributed by atoms with Crippen LogP contribution in [0.15, 0.2) is 23.2 Å². The van der Waals surface area contributed by atoms with Crippen molar-refractivity contribution in [1.29, 1.82) is 0 Å². The van der Waals surface area contributed by atoms with Crippen molar-refractivity contribution < 1.29 is 9.90 Å². The number of carbonyl (C=O) groups excluding carboxylic acids is 1. The van der Waals surface area contributed by atoms with Gasteiger partial charge >= 0.3 is 0 Å². The third-order valence-electron chi connectivity index (χ3n) is 3.06. The van der Waals surface area contributed by atoms with Gasteiger partial charge in [0, 0.05) is 11.3 Å². The minimum absolute atomic E-state index is 0.0622. The number of hydrogen-bond donors (Lipinski definition) is 1. The van der Waals surface area contributed by atoms with E-state index in [1.54, 1.807) is 6.92 Å². The SMILES string of the molecule is CC(=O)[C@@]1(C)CSC(c2cccc(C)c2O)=N1. The summed E-state index contributed by atoms with van der Waals surface area (Å²) in [5.41, 5.74) is 0.901. The van der Waals surface area contributed by atoms with Gasteiger partial charge in [0.1, 0.15) is 16.3 Å². The van der Waals surface area contributed by atoms with Crippen LogP contribution in [0, 0.1) is 6.92 Å². The predicted molar refractivity (Wildman–Crippen MR) is 70.9 cm³/mol. The molecule has 0 aromatic heterocycles. The third kappa shape index (κ3) is 2.09. The van der Waals surface area contributed by atoms with Crippen LogP contribution in [0.1, 0.15) is 25.0 Å². The van der Waals surface area contributed by atoms with Gasteiger partial charge in [0.05, 0.1) is 0 Å². The summed E-state index contributed by atoms with van der Waals surface area (Å²) in [5, 5.41) is 10.7. The van der Waals surface area contributed by atoms with E-state index in [1.807, 2.05) is 32.0 Å². The van der Waals surface area contributed by atoms with Gasteiger partial charge in [-0.25, -0.2) is 0 Å². The van der Waals surface area contributed by atoms with Crippen LogP contribution >= 0.6 is 11.8 Å². The van der Waals surface area contributed by atoms with E-state index < -0.39 is 5.54 Å². The highest BCUT2D eigenvalue weighted by Crippen LogP contribution is 2.35. The Morgan fingerprint density at radius 3 is 2.82 bits per heavy atom. The molecule has 0 amide bonds. The van der Waals surface area contributed by atoms with Gasteiger partial charge in [-0.2, -0.15) is 0 Å². The van der Waals surface area contributed by atoms with Gasteiger partial charge in [-0.05, 0) is 32.4 Å². The van der Waals surface area contributed by atoms with E-state index in [1.165, 1.54) is 11.8 Å². The molecule has 0 spiro atoms. The number of carbonyl (C=O) groups is 1. The van der Waals surface area contributed by atoms with Crippen LogP contribution in [-0.4, -0.2) is 27.2 Å². The van der Waals surface area contributed by atoms with Crippen LogP contribution < -0.4 is 0 Å². The average Bonchev–Trinajstić information content (AvgIpc) is 2.66. The Morgan fingerprint density at radius 1 is 1.53 bits per heavy atom. The standard InChI is InChI=1S/C13H15NO2S/c1-8-5-4-6-10(11(8)16)12-14-13(3,7-17-12)9(2)15/h4-6,16H,7H2,1-3H3/t13-/m1/s1. The van der Waals surface area contributed by atoms with Crippen LogP contribution in [0.5, 0.6) is 5.75 Å². The summed E-state index contributed by atoms with van der Waals surface area (Å²) in [7, 11) is 0. The first kappa shape index (κ1) is 12.2. The molecule has 1 aliphatic rings. The molecule has 3 nitrogen and oxygen atoms in total. The highest BCUT2D eigenvalue weighted by atomic mass is 32.2. The van der Waals surface area contributed by atoms with E-state index >= 15 is 0 Å². The second-order valence-electron chi connectivity index (χ2n) is 4.51. The molecule has 0 saturated carbocycles. The van der Waals surface area contributed by atoms with Gasteiger partial charge in [-0.1, -0.05) is 12.1 Å². The number of aliphatic imine (C=N–C) groups is 1. The molecule has 17 heavy (non-hydrogen) atoms. The number of para-hydroxylation sites is 1.